The second-order valence-corrected chi connectivity index (χ2v) is 4.40. The molecule has 3 N–H and O–H groups in total. The fraction of sp³-hybridized carbons (Fsp3) is 0.615. The molecule has 4 atom stereocenters. The normalized spacial score (nSPS) is 32.3. The average molecular weight is 269 g/mol. The van der Waals surface area contributed by atoms with Crippen molar-refractivity contribution in [2.24, 2.45) is 5.11 Å². The third-order valence-corrected chi connectivity index (χ3v) is 2.94. The van der Waals surface area contributed by atoms with Crippen molar-refractivity contribution in [1.82, 2.24) is 0 Å². The highest BCUT2D eigenvalue weighted by Gasteiger charge is 2.36. The summed E-state index contributed by atoms with van der Waals surface area (Å²) in [4.78, 5) is 3.48. The van der Waals surface area contributed by atoms with Crippen molar-refractivity contribution in [3.8, 4) is 0 Å². The number of hydrogen-bond donors (Lipinski definition) is 3. The minimum atomic E-state index is -1.06. The van der Waals surface area contributed by atoms with Crippen molar-refractivity contribution in [3.05, 3.63) is 23.9 Å². The second kappa shape index (κ2) is 7.99. The summed E-state index contributed by atoms with van der Waals surface area (Å²) in [6.07, 6.45) is 3.13. The molecular formula is C13H21N2O4+. The van der Waals surface area contributed by atoms with E-state index in [0.717, 1.165) is 0 Å². The summed E-state index contributed by atoms with van der Waals surface area (Å²) in [6, 6.07) is 0. The zero-order valence-electron chi connectivity index (χ0n) is 11.0. The Hall–Kier alpha value is -1.30. The average Bonchev–Trinajstić information content (AvgIpc) is 2.40. The van der Waals surface area contributed by atoms with Crippen LogP contribution in [0.3, 0.4) is 0 Å². The molecule has 0 aliphatic carbocycles. The predicted octanol–water partition coefficient (Wildman–Crippen LogP) is 0.0691. The van der Waals surface area contributed by atoms with E-state index >= 15 is 0 Å². The summed E-state index contributed by atoms with van der Waals surface area (Å²) in [5, 5.41) is 32.3. The molecule has 106 valence electrons. The Morgan fingerprint density at radius 1 is 1.53 bits per heavy atom. The molecule has 1 rings (SSSR count). The van der Waals surface area contributed by atoms with Gasteiger partial charge in [-0.25, -0.2) is 0 Å². The minimum Gasteiger partial charge on any atom is -0.394 e. The molecule has 19 heavy (non-hydrogen) atoms. The lowest BCUT2D eigenvalue weighted by molar-refractivity contribution is -0.179. The monoisotopic (exact) mass is 269 g/mol. The van der Waals surface area contributed by atoms with Crippen LogP contribution in [0.25, 0.3) is 0 Å². The Morgan fingerprint density at radius 2 is 2.26 bits per heavy atom. The first-order valence-corrected chi connectivity index (χ1v) is 6.23. The fourth-order valence-electron chi connectivity index (χ4n) is 2.00. The topological polar surface area (TPSA) is 96.4 Å². The molecule has 0 aromatic carbocycles. The third kappa shape index (κ3) is 4.70. The Morgan fingerprint density at radius 3 is 2.84 bits per heavy atom. The number of hydrogen-bond acceptors (Lipinski definition) is 5. The molecule has 1 heterocycles. The van der Waals surface area contributed by atoms with Crippen LogP contribution in [0.2, 0.25) is 0 Å². The molecule has 0 bridgehead atoms. The van der Waals surface area contributed by atoms with E-state index in [-0.39, 0.29) is 19.1 Å². The van der Waals surface area contributed by atoms with E-state index in [0.29, 0.717) is 12.1 Å². The Labute approximate surface area is 112 Å². The first-order chi connectivity index (χ1) is 9.12. The summed E-state index contributed by atoms with van der Waals surface area (Å²) in [5.74, 6) is 0. The molecular weight excluding hydrogens is 248 g/mol. The van der Waals surface area contributed by atoms with E-state index in [1.165, 1.54) is 0 Å². The van der Waals surface area contributed by atoms with Gasteiger partial charge >= 0.3 is 0 Å². The van der Waals surface area contributed by atoms with Gasteiger partial charge in [-0.1, -0.05) is 12.2 Å². The first-order valence-electron chi connectivity index (χ1n) is 6.23. The molecule has 0 amide bonds. The van der Waals surface area contributed by atoms with Gasteiger partial charge in [0, 0.05) is 17.6 Å². The van der Waals surface area contributed by atoms with Gasteiger partial charge < -0.3 is 20.1 Å². The highest BCUT2D eigenvalue weighted by molar-refractivity contribution is 5.14. The molecule has 1 aliphatic heterocycles. The van der Waals surface area contributed by atoms with Gasteiger partial charge in [-0.05, 0) is 13.0 Å². The molecule has 1 saturated heterocycles. The van der Waals surface area contributed by atoms with Gasteiger partial charge in [0.2, 0.25) is 0 Å². The Kier molecular flexibility index (Phi) is 6.62. The zero-order chi connectivity index (χ0) is 14.3. The quantitative estimate of drug-likeness (QED) is 0.285. The number of ether oxygens (including phenoxy) is 1. The van der Waals surface area contributed by atoms with Crippen LogP contribution < -0.4 is 0 Å². The largest absolute Gasteiger partial charge is 0.394 e. The number of allylic oxidation sites excluding steroid dienone is 3. The summed E-state index contributed by atoms with van der Waals surface area (Å²) in [5.41, 5.74) is 0.665. The predicted molar refractivity (Wildman–Crippen MR) is 69.7 cm³/mol. The van der Waals surface area contributed by atoms with E-state index in [4.69, 9.17) is 9.84 Å². The third-order valence-electron chi connectivity index (χ3n) is 2.94. The lowest BCUT2D eigenvalue weighted by atomic mass is 9.96. The van der Waals surface area contributed by atoms with Crippen molar-refractivity contribution in [2.75, 3.05) is 6.61 Å². The second-order valence-electron chi connectivity index (χ2n) is 4.40. The number of aliphatic hydroxyl groups is 3. The van der Waals surface area contributed by atoms with E-state index in [9.17, 15) is 10.2 Å². The molecule has 0 spiro atoms. The summed E-state index contributed by atoms with van der Waals surface area (Å²) in [6.45, 7) is 4.86. The molecule has 1 aliphatic rings. The van der Waals surface area contributed by atoms with E-state index in [1.807, 2.05) is 19.1 Å². The Balaban J connectivity index is 2.72. The van der Waals surface area contributed by atoms with Crippen LogP contribution in [0, 0.1) is 0 Å². The number of aliphatic hydroxyl groups excluding tert-OH is 3. The van der Waals surface area contributed by atoms with Gasteiger partial charge in [0.25, 0.3) is 6.72 Å². The fourth-order valence-corrected chi connectivity index (χ4v) is 2.00. The van der Waals surface area contributed by atoms with Gasteiger partial charge in [-0.15, -0.1) is 0 Å². The van der Waals surface area contributed by atoms with E-state index < -0.39 is 18.3 Å². The van der Waals surface area contributed by atoms with Crippen LogP contribution in [0.5, 0.6) is 0 Å². The van der Waals surface area contributed by atoms with Crippen LogP contribution in [-0.4, -0.2) is 57.8 Å². The van der Waals surface area contributed by atoms with Crippen molar-refractivity contribution in [2.45, 2.75) is 44.2 Å². The van der Waals surface area contributed by atoms with E-state index in [2.05, 4.69) is 16.6 Å². The maximum absolute atomic E-state index is 9.73. The number of rotatable bonds is 5. The van der Waals surface area contributed by atoms with Gasteiger partial charge in [-0.3, -0.25) is 0 Å². The van der Waals surface area contributed by atoms with Gasteiger partial charge in [0.05, 0.1) is 18.8 Å². The molecule has 0 radical (unpaired) electrons. The van der Waals surface area contributed by atoms with Crippen LogP contribution in [0.1, 0.15) is 19.8 Å². The maximum Gasteiger partial charge on any atom is 0.296 e. The van der Waals surface area contributed by atoms with Crippen molar-refractivity contribution >= 4 is 6.72 Å². The minimum absolute atomic E-state index is 0.289. The molecule has 0 aromatic heterocycles. The van der Waals surface area contributed by atoms with Crippen molar-refractivity contribution in [1.29, 1.82) is 0 Å². The lowest BCUT2D eigenvalue weighted by Gasteiger charge is -2.36. The Bertz CT molecular complexity index is 388. The van der Waals surface area contributed by atoms with E-state index in [1.54, 1.807) is 6.08 Å². The summed E-state index contributed by atoms with van der Waals surface area (Å²) >= 11 is 0. The molecule has 0 unspecified atom stereocenters. The lowest BCUT2D eigenvalue weighted by Crippen LogP contribution is -2.49. The van der Waals surface area contributed by atoms with Gasteiger partial charge in [0.1, 0.15) is 23.0 Å². The van der Waals surface area contributed by atoms with Crippen LogP contribution in [0.4, 0.5) is 0 Å². The maximum atomic E-state index is 9.73. The van der Waals surface area contributed by atoms with Gasteiger partial charge in [0.15, 0.2) is 0 Å². The van der Waals surface area contributed by atoms with Crippen molar-refractivity contribution in [3.63, 3.8) is 0 Å². The molecule has 0 aromatic rings. The summed E-state index contributed by atoms with van der Waals surface area (Å²) < 4.78 is 5.53. The smallest absolute Gasteiger partial charge is 0.296 e. The molecule has 0 saturated carbocycles. The highest BCUT2D eigenvalue weighted by atomic mass is 16.5. The molecule has 6 nitrogen and oxygen atoms in total. The highest BCUT2D eigenvalue weighted by Crippen LogP contribution is 2.25. The van der Waals surface area contributed by atoms with Gasteiger partial charge in [-0.2, -0.15) is 0 Å². The van der Waals surface area contributed by atoms with Crippen LogP contribution >= 0.6 is 0 Å². The first kappa shape index (κ1) is 15.8. The molecule has 6 heteroatoms. The van der Waals surface area contributed by atoms with Crippen LogP contribution in [0.15, 0.2) is 29.0 Å². The van der Waals surface area contributed by atoms with Crippen molar-refractivity contribution < 1.29 is 24.8 Å². The molecule has 1 fully saturated rings. The SMILES string of the molecule is C=[N+]=N/C(=C\C=C\C)C[C@H]1C[C@@H](O)[C@@H](O)[C@@H](CO)O1. The standard InChI is InChI=1S/C13H21N2O4/c1-3-4-5-9(15-14-2)6-10-7-11(17)13(18)12(8-16)19-10/h3-5,10-13,16-18H,2,6-8H2,1H3/q+1/b4-3+,9-5-/t10-,11+,12+,13+/m0/s1. The zero-order valence-corrected chi connectivity index (χ0v) is 11.0. The van der Waals surface area contributed by atoms with Crippen LogP contribution in [-0.2, 0) is 4.74 Å². The summed E-state index contributed by atoms with van der Waals surface area (Å²) in [7, 11) is 0. The number of nitrogens with zero attached hydrogens (tertiary/aromatic N) is 2.